The van der Waals surface area contributed by atoms with Crippen molar-refractivity contribution >= 4 is 6.29 Å². The molecule has 0 bridgehead atoms. The quantitative estimate of drug-likeness (QED) is 0.108. The lowest BCUT2D eigenvalue weighted by molar-refractivity contribution is 0.112. The molecule has 0 aliphatic rings. The van der Waals surface area contributed by atoms with Gasteiger partial charge in [0, 0.05) is 5.56 Å². The van der Waals surface area contributed by atoms with Crippen LogP contribution in [0, 0.1) is 5.92 Å². The molecule has 2 aromatic rings. The molecule has 2 aromatic carbocycles. The van der Waals surface area contributed by atoms with Crippen molar-refractivity contribution in [3.8, 4) is 16.9 Å². The van der Waals surface area contributed by atoms with Crippen molar-refractivity contribution in [1.29, 1.82) is 0 Å². The summed E-state index contributed by atoms with van der Waals surface area (Å²) in [7, 11) is 0. The Bertz CT molecular complexity index is 854. The van der Waals surface area contributed by atoms with Gasteiger partial charge in [-0.05, 0) is 54.0 Å². The highest BCUT2D eigenvalue weighted by molar-refractivity contribution is 5.77. The number of aldehydes is 1. The largest absolute Gasteiger partial charge is 0.493 e. The average molecular weight is 521 g/mol. The van der Waals surface area contributed by atoms with E-state index in [4.69, 9.17) is 4.74 Å². The SMILES string of the molecule is CCCCCCCCCCCCCCCc1cc(OCC(CC)CCCC)cc(-c2ccc(C=O)cc2)c1. The number of benzene rings is 2. The number of rotatable bonds is 23. The van der Waals surface area contributed by atoms with E-state index in [1.165, 1.54) is 120 Å². The van der Waals surface area contributed by atoms with E-state index in [0.29, 0.717) is 5.92 Å². The summed E-state index contributed by atoms with van der Waals surface area (Å²) in [5.41, 5.74) is 4.41. The first-order valence-electron chi connectivity index (χ1n) is 16.0. The fourth-order valence-electron chi connectivity index (χ4n) is 5.27. The van der Waals surface area contributed by atoms with E-state index in [1.807, 2.05) is 24.3 Å². The lowest BCUT2D eigenvalue weighted by Crippen LogP contribution is -2.11. The summed E-state index contributed by atoms with van der Waals surface area (Å²) in [5, 5.41) is 0. The first-order chi connectivity index (χ1) is 18.7. The zero-order valence-electron chi connectivity index (χ0n) is 24.9. The third-order valence-electron chi connectivity index (χ3n) is 7.94. The van der Waals surface area contributed by atoms with Gasteiger partial charge in [-0.15, -0.1) is 0 Å². The van der Waals surface area contributed by atoms with Crippen LogP contribution in [-0.2, 0) is 6.42 Å². The standard InChI is InChI=1S/C36H56O2/c1-4-7-9-10-11-12-13-14-15-16-17-18-19-21-33-26-35(34-24-22-32(29-37)23-25-34)28-36(27-33)38-30-31(6-3)20-8-5-2/h22-29,31H,4-21,30H2,1-3H3. The highest BCUT2D eigenvalue weighted by Gasteiger charge is 2.10. The number of ether oxygens (including phenoxy) is 1. The number of carbonyl (C=O) groups excluding carboxylic acids is 1. The van der Waals surface area contributed by atoms with Crippen molar-refractivity contribution in [2.75, 3.05) is 6.61 Å². The summed E-state index contributed by atoms with van der Waals surface area (Å²) < 4.78 is 6.37. The van der Waals surface area contributed by atoms with Crippen LogP contribution in [-0.4, -0.2) is 12.9 Å². The van der Waals surface area contributed by atoms with E-state index in [2.05, 4.69) is 39.0 Å². The van der Waals surface area contributed by atoms with Gasteiger partial charge in [0.1, 0.15) is 12.0 Å². The van der Waals surface area contributed by atoms with Gasteiger partial charge in [-0.25, -0.2) is 0 Å². The lowest BCUT2D eigenvalue weighted by Gasteiger charge is -2.17. The Hall–Kier alpha value is -2.09. The molecule has 0 fully saturated rings. The molecule has 2 heteroatoms. The maximum absolute atomic E-state index is 11.1. The monoisotopic (exact) mass is 520 g/mol. The van der Waals surface area contributed by atoms with Crippen LogP contribution in [0.4, 0.5) is 0 Å². The fourth-order valence-corrected chi connectivity index (χ4v) is 5.27. The van der Waals surface area contributed by atoms with Crippen LogP contribution in [0.2, 0.25) is 0 Å². The minimum Gasteiger partial charge on any atom is -0.493 e. The predicted molar refractivity (Wildman–Crippen MR) is 165 cm³/mol. The van der Waals surface area contributed by atoms with Gasteiger partial charge in [-0.1, -0.05) is 147 Å². The smallest absolute Gasteiger partial charge is 0.150 e. The summed E-state index contributed by atoms with van der Waals surface area (Å²) >= 11 is 0. The van der Waals surface area contributed by atoms with Crippen LogP contribution in [0.5, 0.6) is 5.75 Å². The number of hydrogen-bond acceptors (Lipinski definition) is 2. The summed E-state index contributed by atoms with van der Waals surface area (Å²) in [6, 6.07) is 14.7. The molecule has 2 rings (SSSR count). The average Bonchev–Trinajstić information content (AvgIpc) is 2.95. The number of hydrogen-bond donors (Lipinski definition) is 0. The van der Waals surface area contributed by atoms with Crippen molar-refractivity contribution in [2.45, 2.75) is 136 Å². The Morgan fingerprint density at radius 3 is 1.79 bits per heavy atom. The molecule has 0 aliphatic heterocycles. The van der Waals surface area contributed by atoms with E-state index in [1.54, 1.807) is 0 Å². The van der Waals surface area contributed by atoms with Gasteiger partial charge in [0.15, 0.2) is 0 Å². The predicted octanol–water partition coefficient (Wildman–Crippen LogP) is 11.4. The maximum Gasteiger partial charge on any atom is 0.150 e. The molecule has 212 valence electrons. The highest BCUT2D eigenvalue weighted by atomic mass is 16.5. The molecule has 1 unspecified atom stereocenters. The molecule has 38 heavy (non-hydrogen) atoms. The molecule has 0 radical (unpaired) electrons. The first kappa shape index (κ1) is 32.1. The molecule has 0 saturated carbocycles. The molecule has 0 amide bonds. The molecular weight excluding hydrogens is 464 g/mol. The molecule has 0 spiro atoms. The van der Waals surface area contributed by atoms with Crippen LogP contribution in [0.3, 0.4) is 0 Å². The third-order valence-corrected chi connectivity index (χ3v) is 7.94. The third kappa shape index (κ3) is 13.6. The summed E-state index contributed by atoms with van der Waals surface area (Å²) in [5.74, 6) is 1.61. The Morgan fingerprint density at radius 1 is 0.658 bits per heavy atom. The van der Waals surface area contributed by atoms with E-state index in [-0.39, 0.29) is 0 Å². The van der Waals surface area contributed by atoms with Crippen molar-refractivity contribution in [3.05, 3.63) is 53.6 Å². The van der Waals surface area contributed by atoms with Crippen LogP contribution in [0.1, 0.15) is 146 Å². The lowest BCUT2D eigenvalue weighted by atomic mass is 9.98. The van der Waals surface area contributed by atoms with E-state index < -0.39 is 0 Å². The fraction of sp³-hybridized carbons (Fsp3) is 0.639. The van der Waals surface area contributed by atoms with E-state index in [0.717, 1.165) is 36.2 Å². The molecule has 0 heterocycles. The van der Waals surface area contributed by atoms with Crippen molar-refractivity contribution in [3.63, 3.8) is 0 Å². The normalized spacial score (nSPS) is 12.0. The van der Waals surface area contributed by atoms with Crippen LogP contribution >= 0.6 is 0 Å². The second-order valence-electron chi connectivity index (χ2n) is 11.3. The zero-order chi connectivity index (χ0) is 27.3. The van der Waals surface area contributed by atoms with Gasteiger partial charge in [-0.2, -0.15) is 0 Å². The van der Waals surface area contributed by atoms with Gasteiger partial charge in [-0.3, -0.25) is 4.79 Å². The van der Waals surface area contributed by atoms with Crippen LogP contribution in [0.25, 0.3) is 11.1 Å². The van der Waals surface area contributed by atoms with Crippen molar-refractivity contribution < 1.29 is 9.53 Å². The second-order valence-corrected chi connectivity index (χ2v) is 11.3. The molecule has 1 atom stereocenters. The second kappa shape index (κ2) is 20.8. The van der Waals surface area contributed by atoms with Crippen molar-refractivity contribution in [1.82, 2.24) is 0 Å². The molecule has 0 aliphatic carbocycles. The topological polar surface area (TPSA) is 26.3 Å². The molecular formula is C36H56O2. The summed E-state index contributed by atoms with van der Waals surface area (Å²) in [4.78, 5) is 11.1. The molecule has 0 aromatic heterocycles. The van der Waals surface area contributed by atoms with Gasteiger partial charge in [0.05, 0.1) is 6.61 Å². The summed E-state index contributed by atoms with van der Waals surface area (Å²) in [6.45, 7) is 7.62. The van der Waals surface area contributed by atoms with Crippen LogP contribution < -0.4 is 4.74 Å². The Labute approximate surface area is 235 Å². The Balaban J connectivity index is 1.82. The molecule has 2 nitrogen and oxygen atoms in total. The number of carbonyl (C=O) groups is 1. The van der Waals surface area contributed by atoms with Gasteiger partial charge in [0.25, 0.3) is 0 Å². The number of unbranched alkanes of at least 4 members (excludes halogenated alkanes) is 13. The summed E-state index contributed by atoms with van der Waals surface area (Å²) in [6.07, 6.45) is 24.9. The maximum atomic E-state index is 11.1. The minimum atomic E-state index is 0.620. The Kier molecular flexibility index (Phi) is 17.6. The first-order valence-corrected chi connectivity index (χ1v) is 16.0. The van der Waals surface area contributed by atoms with Crippen LogP contribution in [0.15, 0.2) is 42.5 Å². The van der Waals surface area contributed by atoms with E-state index >= 15 is 0 Å². The minimum absolute atomic E-state index is 0.620. The van der Waals surface area contributed by atoms with Gasteiger partial charge in [0.2, 0.25) is 0 Å². The van der Waals surface area contributed by atoms with Gasteiger partial charge >= 0.3 is 0 Å². The van der Waals surface area contributed by atoms with Gasteiger partial charge < -0.3 is 4.74 Å². The number of aryl methyl sites for hydroxylation is 1. The molecule has 0 saturated heterocycles. The van der Waals surface area contributed by atoms with Crippen molar-refractivity contribution in [2.24, 2.45) is 5.92 Å². The van der Waals surface area contributed by atoms with E-state index in [9.17, 15) is 4.79 Å². The highest BCUT2D eigenvalue weighted by Crippen LogP contribution is 2.28. The molecule has 0 N–H and O–H groups in total. The zero-order valence-corrected chi connectivity index (χ0v) is 24.9. The Morgan fingerprint density at radius 2 is 1.24 bits per heavy atom.